The van der Waals surface area contributed by atoms with Crippen LogP contribution in [0.15, 0.2) is 24.3 Å². The highest BCUT2D eigenvalue weighted by Gasteiger charge is 2.13. The van der Waals surface area contributed by atoms with E-state index in [2.05, 4.69) is 19.2 Å². The summed E-state index contributed by atoms with van der Waals surface area (Å²) in [5.74, 6) is -2.09. The Bertz CT molecular complexity index is 432. The zero-order chi connectivity index (χ0) is 13.7. The summed E-state index contributed by atoms with van der Waals surface area (Å²) in [7, 11) is 0. The van der Waals surface area contributed by atoms with Crippen LogP contribution >= 0.6 is 12.4 Å². The number of carboxylic acid groups (broad SMARTS) is 1. The Morgan fingerprint density at radius 2 is 1.68 bits per heavy atom. The van der Waals surface area contributed by atoms with Crippen LogP contribution in [0, 0.1) is 0 Å². The summed E-state index contributed by atoms with van der Waals surface area (Å²) in [6.07, 6.45) is 0. The molecule has 0 heterocycles. The molecule has 0 aromatic heterocycles. The third-order valence-corrected chi connectivity index (χ3v) is 2.71. The minimum atomic E-state index is -1.50. The van der Waals surface area contributed by atoms with Gasteiger partial charge >= 0.3 is 11.9 Å². The number of rotatable bonds is 4. The fourth-order valence-electron chi connectivity index (χ4n) is 1.52. The molecule has 6 heteroatoms. The van der Waals surface area contributed by atoms with Crippen molar-refractivity contribution in [3.8, 4) is 0 Å². The number of benzene rings is 1. The first-order valence-electron chi connectivity index (χ1n) is 5.78. The highest BCUT2D eigenvalue weighted by molar-refractivity contribution is 6.31. The van der Waals surface area contributed by atoms with E-state index in [0.717, 1.165) is 5.56 Å². The lowest BCUT2D eigenvalue weighted by Crippen LogP contribution is -2.36. The van der Waals surface area contributed by atoms with Gasteiger partial charge in [0.1, 0.15) is 0 Å². The predicted octanol–water partition coefficient (Wildman–Crippen LogP) is 1.43. The van der Waals surface area contributed by atoms with Crippen LogP contribution in [0.5, 0.6) is 0 Å². The number of halogens is 1. The Labute approximate surface area is 118 Å². The summed E-state index contributed by atoms with van der Waals surface area (Å²) < 4.78 is 0. The smallest absolute Gasteiger partial charge is 0.394 e. The Morgan fingerprint density at radius 3 is 2.11 bits per heavy atom. The predicted molar refractivity (Wildman–Crippen MR) is 75.4 cm³/mol. The minimum absolute atomic E-state index is 0. The molecule has 19 heavy (non-hydrogen) atoms. The van der Waals surface area contributed by atoms with Crippen molar-refractivity contribution in [3.05, 3.63) is 35.4 Å². The van der Waals surface area contributed by atoms with E-state index in [1.165, 1.54) is 5.56 Å². The number of nitrogens with two attached hydrogens (primary N) is 1. The van der Waals surface area contributed by atoms with Crippen LogP contribution in [0.2, 0.25) is 0 Å². The van der Waals surface area contributed by atoms with E-state index in [1.54, 1.807) is 0 Å². The second-order valence-corrected chi connectivity index (χ2v) is 4.44. The number of hydrogen-bond donors (Lipinski definition) is 3. The fraction of sp³-hybridized carbons (Fsp3) is 0.385. The van der Waals surface area contributed by atoms with Gasteiger partial charge in [-0.3, -0.25) is 4.79 Å². The van der Waals surface area contributed by atoms with E-state index >= 15 is 0 Å². The molecule has 5 nitrogen and oxygen atoms in total. The Kier molecular flexibility index (Phi) is 7.11. The topological polar surface area (TPSA) is 92.4 Å². The molecule has 0 bridgehead atoms. The molecule has 0 aliphatic carbocycles. The molecule has 0 radical (unpaired) electrons. The van der Waals surface area contributed by atoms with Crippen molar-refractivity contribution in [3.63, 3.8) is 0 Å². The molecule has 0 aliphatic heterocycles. The molecule has 1 unspecified atom stereocenters. The molecule has 1 rings (SSSR count). The lowest BCUT2D eigenvalue weighted by molar-refractivity contribution is -0.150. The number of carbonyl (C=O) groups is 2. The second kappa shape index (κ2) is 7.76. The number of carbonyl (C=O) groups excluding carboxylic acids is 1. The van der Waals surface area contributed by atoms with E-state index in [4.69, 9.17) is 10.8 Å². The van der Waals surface area contributed by atoms with Crippen molar-refractivity contribution in [2.24, 2.45) is 5.73 Å². The van der Waals surface area contributed by atoms with Crippen LogP contribution in [-0.4, -0.2) is 23.5 Å². The van der Waals surface area contributed by atoms with Crippen molar-refractivity contribution in [1.29, 1.82) is 0 Å². The lowest BCUT2D eigenvalue weighted by atomic mass is 9.99. The molecule has 4 N–H and O–H groups in total. The lowest BCUT2D eigenvalue weighted by Gasteiger charge is -2.13. The monoisotopic (exact) mass is 286 g/mol. The zero-order valence-electron chi connectivity index (χ0n) is 10.9. The quantitative estimate of drug-likeness (QED) is 0.730. The van der Waals surface area contributed by atoms with Crippen molar-refractivity contribution < 1.29 is 14.7 Å². The largest absolute Gasteiger partial charge is 0.474 e. The van der Waals surface area contributed by atoms with E-state index < -0.39 is 17.9 Å². The van der Waals surface area contributed by atoms with Gasteiger partial charge in [0, 0.05) is 12.6 Å². The highest BCUT2D eigenvalue weighted by atomic mass is 35.5. The van der Waals surface area contributed by atoms with Crippen LogP contribution in [0.4, 0.5) is 0 Å². The SMILES string of the molecule is CC(C)c1ccc(C(N)CNC(=O)C(=O)O)cc1.Cl. The van der Waals surface area contributed by atoms with Gasteiger partial charge in [-0.1, -0.05) is 38.1 Å². The summed E-state index contributed by atoms with van der Waals surface area (Å²) in [4.78, 5) is 21.2. The van der Waals surface area contributed by atoms with Gasteiger partial charge in [0.25, 0.3) is 0 Å². The van der Waals surface area contributed by atoms with Gasteiger partial charge in [-0.15, -0.1) is 12.4 Å². The highest BCUT2D eigenvalue weighted by Crippen LogP contribution is 2.17. The Hall–Kier alpha value is -1.59. The molecule has 1 aromatic rings. The summed E-state index contributed by atoms with van der Waals surface area (Å²) in [5, 5.41) is 10.7. The maximum Gasteiger partial charge on any atom is 0.394 e. The third kappa shape index (κ3) is 5.28. The molecule has 0 fully saturated rings. The van der Waals surface area contributed by atoms with Gasteiger partial charge in [0.2, 0.25) is 0 Å². The number of hydrogen-bond acceptors (Lipinski definition) is 3. The third-order valence-electron chi connectivity index (χ3n) is 2.71. The molecule has 1 atom stereocenters. The summed E-state index contributed by atoms with van der Waals surface area (Å²) in [5.41, 5.74) is 7.94. The van der Waals surface area contributed by atoms with Crippen LogP contribution < -0.4 is 11.1 Å². The molecule has 0 spiro atoms. The van der Waals surface area contributed by atoms with Crippen molar-refractivity contribution in [2.45, 2.75) is 25.8 Å². The van der Waals surface area contributed by atoms with Crippen LogP contribution in [0.1, 0.15) is 36.9 Å². The Balaban J connectivity index is 0.00000324. The molecule has 1 aromatic carbocycles. The number of aliphatic carboxylic acids is 1. The number of carboxylic acids is 1. The zero-order valence-corrected chi connectivity index (χ0v) is 11.7. The maximum atomic E-state index is 10.9. The van der Waals surface area contributed by atoms with Gasteiger partial charge < -0.3 is 16.2 Å². The fourth-order valence-corrected chi connectivity index (χ4v) is 1.52. The summed E-state index contributed by atoms with van der Waals surface area (Å²) >= 11 is 0. The van der Waals surface area contributed by atoms with E-state index in [0.29, 0.717) is 5.92 Å². The molecular formula is C13H19ClN2O3. The average molecular weight is 287 g/mol. The maximum absolute atomic E-state index is 10.9. The van der Waals surface area contributed by atoms with Gasteiger partial charge in [0.05, 0.1) is 0 Å². The minimum Gasteiger partial charge on any atom is -0.474 e. The van der Waals surface area contributed by atoms with Gasteiger partial charge in [0.15, 0.2) is 0 Å². The number of nitrogens with one attached hydrogen (secondary N) is 1. The van der Waals surface area contributed by atoms with Crippen molar-refractivity contribution in [1.82, 2.24) is 5.32 Å². The normalized spacial score (nSPS) is 11.6. The first kappa shape index (κ1) is 17.4. The second-order valence-electron chi connectivity index (χ2n) is 4.44. The summed E-state index contributed by atoms with van der Waals surface area (Å²) in [6, 6.07) is 7.35. The number of amides is 1. The standard InChI is InChI=1S/C13H18N2O3.ClH/c1-8(2)9-3-5-10(6-4-9)11(14)7-15-12(16)13(17)18;/h3-6,8,11H,7,14H2,1-2H3,(H,15,16)(H,17,18);1H. The Morgan fingerprint density at radius 1 is 1.21 bits per heavy atom. The van der Waals surface area contributed by atoms with Crippen LogP contribution in [0.3, 0.4) is 0 Å². The van der Waals surface area contributed by atoms with E-state index in [9.17, 15) is 9.59 Å². The first-order valence-corrected chi connectivity index (χ1v) is 5.78. The molecular weight excluding hydrogens is 268 g/mol. The molecule has 0 saturated heterocycles. The molecule has 1 amide bonds. The van der Waals surface area contributed by atoms with Crippen LogP contribution in [0.25, 0.3) is 0 Å². The molecule has 106 valence electrons. The van der Waals surface area contributed by atoms with E-state index in [-0.39, 0.29) is 19.0 Å². The molecule has 0 saturated carbocycles. The van der Waals surface area contributed by atoms with Gasteiger partial charge in [-0.25, -0.2) is 4.79 Å². The summed E-state index contributed by atoms with van der Waals surface area (Å²) in [6.45, 7) is 4.30. The van der Waals surface area contributed by atoms with Gasteiger partial charge in [-0.05, 0) is 17.0 Å². The van der Waals surface area contributed by atoms with Crippen molar-refractivity contribution in [2.75, 3.05) is 6.54 Å². The van der Waals surface area contributed by atoms with Crippen molar-refractivity contribution >= 4 is 24.3 Å². The molecule has 0 aliphatic rings. The van der Waals surface area contributed by atoms with E-state index in [1.807, 2.05) is 24.3 Å². The first-order chi connectivity index (χ1) is 8.41. The van der Waals surface area contributed by atoms with Crippen LogP contribution in [-0.2, 0) is 9.59 Å². The average Bonchev–Trinajstić information content (AvgIpc) is 2.35. The van der Waals surface area contributed by atoms with Gasteiger partial charge in [-0.2, -0.15) is 0 Å².